The minimum absolute atomic E-state index is 0.268. The van der Waals surface area contributed by atoms with E-state index in [4.69, 9.17) is 0 Å². The van der Waals surface area contributed by atoms with Crippen LogP contribution in [-0.2, 0) is 4.79 Å². The first-order chi connectivity index (χ1) is 11.7. The van der Waals surface area contributed by atoms with Crippen molar-refractivity contribution in [1.82, 2.24) is 14.4 Å². The first kappa shape index (κ1) is 16.2. The van der Waals surface area contributed by atoms with Gasteiger partial charge in [-0.15, -0.1) is 0 Å². The molecule has 2 atom stereocenters. The van der Waals surface area contributed by atoms with Gasteiger partial charge in [0.2, 0.25) is 5.91 Å². The molecule has 3 fully saturated rings. The van der Waals surface area contributed by atoms with Crippen LogP contribution < -0.4 is 0 Å². The zero-order valence-electron chi connectivity index (χ0n) is 14.9. The first-order valence-electron chi connectivity index (χ1n) is 9.87. The highest BCUT2D eigenvalue weighted by molar-refractivity contribution is 5.79. The van der Waals surface area contributed by atoms with Gasteiger partial charge in [-0.2, -0.15) is 0 Å². The summed E-state index contributed by atoms with van der Waals surface area (Å²) in [6, 6.07) is 5.88. The van der Waals surface area contributed by atoms with Crippen LogP contribution in [0.1, 0.15) is 57.4 Å². The number of hydrogen-bond donors (Lipinski definition) is 0. The summed E-state index contributed by atoms with van der Waals surface area (Å²) in [6.07, 6.45) is 13.7. The lowest BCUT2D eigenvalue weighted by Crippen LogP contribution is -2.49. The number of hydrogen-bond acceptors (Lipinski definition) is 2. The van der Waals surface area contributed by atoms with Gasteiger partial charge in [0.15, 0.2) is 0 Å². The molecule has 0 aromatic carbocycles. The SMILES string of the molecule is CN1CCCC1C1CCCN1C(=O)C1CCC(n2cccc2)CC1. The second kappa shape index (κ2) is 6.91. The molecular weight excluding hydrogens is 298 g/mol. The Kier molecular flexibility index (Phi) is 4.66. The molecule has 0 bridgehead atoms. The van der Waals surface area contributed by atoms with E-state index in [1.807, 2.05) is 0 Å². The summed E-state index contributed by atoms with van der Waals surface area (Å²) in [5.41, 5.74) is 0. The Morgan fingerprint density at radius 3 is 2.21 bits per heavy atom. The van der Waals surface area contributed by atoms with Gasteiger partial charge in [0.1, 0.15) is 0 Å². The maximum absolute atomic E-state index is 13.2. The van der Waals surface area contributed by atoms with Crippen molar-refractivity contribution in [3.05, 3.63) is 24.5 Å². The van der Waals surface area contributed by atoms with E-state index in [2.05, 4.69) is 45.9 Å². The fraction of sp³-hybridized carbons (Fsp3) is 0.750. The Hall–Kier alpha value is -1.29. The zero-order valence-corrected chi connectivity index (χ0v) is 14.9. The van der Waals surface area contributed by atoms with Crippen molar-refractivity contribution in [2.24, 2.45) is 5.92 Å². The molecule has 0 N–H and O–H groups in total. The zero-order chi connectivity index (χ0) is 16.5. The molecule has 1 aromatic rings. The molecule has 3 heterocycles. The minimum atomic E-state index is 0.268. The fourth-order valence-corrected chi connectivity index (χ4v) is 5.34. The van der Waals surface area contributed by atoms with Crippen molar-refractivity contribution in [3.8, 4) is 0 Å². The molecule has 2 aliphatic heterocycles. The van der Waals surface area contributed by atoms with Crippen LogP contribution in [0.25, 0.3) is 0 Å². The van der Waals surface area contributed by atoms with Gasteiger partial charge in [-0.25, -0.2) is 0 Å². The molecule has 4 heteroatoms. The number of nitrogens with zero attached hydrogens (tertiary/aromatic N) is 3. The molecular formula is C20H31N3O. The Labute approximate surface area is 145 Å². The number of likely N-dealkylation sites (tertiary alicyclic amines) is 2. The number of carbonyl (C=O) groups excluding carboxylic acids is 1. The van der Waals surface area contributed by atoms with Crippen LogP contribution >= 0.6 is 0 Å². The lowest BCUT2D eigenvalue weighted by atomic mass is 9.84. The lowest BCUT2D eigenvalue weighted by molar-refractivity contribution is -0.138. The molecule has 2 unspecified atom stereocenters. The predicted octanol–water partition coefficient (Wildman–Crippen LogP) is 3.30. The van der Waals surface area contributed by atoms with E-state index in [0.29, 0.717) is 24.0 Å². The topological polar surface area (TPSA) is 28.5 Å². The van der Waals surface area contributed by atoms with Crippen molar-refractivity contribution in [3.63, 3.8) is 0 Å². The van der Waals surface area contributed by atoms with Crippen LogP contribution in [0.2, 0.25) is 0 Å². The third-order valence-corrected chi connectivity index (χ3v) is 6.70. The van der Waals surface area contributed by atoms with Gasteiger partial charge < -0.3 is 14.4 Å². The van der Waals surface area contributed by atoms with Crippen molar-refractivity contribution in [1.29, 1.82) is 0 Å². The van der Waals surface area contributed by atoms with E-state index >= 15 is 0 Å². The second-order valence-corrected chi connectivity index (χ2v) is 8.07. The predicted molar refractivity (Wildman–Crippen MR) is 95.8 cm³/mol. The molecule has 24 heavy (non-hydrogen) atoms. The number of rotatable bonds is 3. The molecule has 1 amide bonds. The smallest absolute Gasteiger partial charge is 0.225 e. The van der Waals surface area contributed by atoms with Crippen molar-refractivity contribution >= 4 is 5.91 Å². The van der Waals surface area contributed by atoms with E-state index in [1.165, 1.54) is 32.2 Å². The molecule has 0 spiro atoms. The maximum atomic E-state index is 13.2. The van der Waals surface area contributed by atoms with E-state index in [1.54, 1.807) is 0 Å². The van der Waals surface area contributed by atoms with Crippen molar-refractivity contribution in [2.45, 2.75) is 69.5 Å². The van der Waals surface area contributed by atoms with E-state index in [-0.39, 0.29) is 5.92 Å². The van der Waals surface area contributed by atoms with Crippen LogP contribution in [-0.4, -0.2) is 52.5 Å². The van der Waals surface area contributed by atoms with Gasteiger partial charge in [0.05, 0.1) is 0 Å². The van der Waals surface area contributed by atoms with Gasteiger partial charge in [-0.1, -0.05) is 0 Å². The number of aromatic nitrogens is 1. The summed E-state index contributed by atoms with van der Waals surface area (Å²) in [5.74, 6) is 0.730. The van der Waals surface area contributed by atoms with Gasteiger partial charge in [-0.3, -0.25) is 4.79 Å². The quantitative estimate of drug-likeness (QED) is 0.851. The lowest BCUT2D eigenvalue weighted by Gasteiger charge is -2.37. The average molecular weight is 329 g/mol. The highest BCUT2D eigenvalue weighted by Gasteiger charge is 2.40. The third kappa shape index (κ3) is 3.01. The normalized spacial score (nSPS) is 34.8. The maximum Gasteiger partial charge on any atom is 0.225 e. The highest BCUT2D eigenvalue weighted by Crippen LogP contribution is 2.36. The number of carbonyl (C=O) groups is 1. The number of amides is 1. The Balaban J connectivity index is 1.37. The minimum Gasteiger partial charge on any atom is -0.351 e. The molecule has 132 valence electrons. The van der Waals surface area contributed by atoms with Crippen molar-refractivity contribution in [2.75, 3.05) is 20.1 Å². The molecule has 0 radical (unpaired) electrons. The summed E-state index contributed by atoms with van der Waals surface area (Å²) in [5, 5.41) is 0. The summed E-state index contributed by atoms with van der Waals surface area (Å²) >= 11 is 0. The summed E-state index contributed by atoms with van der Waals surface area (Å²) in [4.78, 5) is 17.9. The van der Waals surface area contributed by atoms with Gasteiger partial charge in [0, 0.05) is 43.0 Å². The van der Waals surface area contributed by atoms with E-state index in [9.17, 15) is 4.79 Å². The van der Waals surface area contributed by atoms with Crippen LogP contribution in [0, 0.1) is 5.92 Å². The van der Waals surface area contributed by atoms with Crippen molar-refractivity contribution < 1.29 is 4.79 Å². The van der Waals surface area contributed by atoms with Gasteiger partial charge >= 0.3 is 0 Å². The van der Waals surface area contributed by atoms with Crippen LogP contribution in [0.5, 0.6) is 0 Å². The summed E-state index contributed by atoms with van der Waals surface area (Å²) in [7, 11) is 2.24. The molecule has 3 aliphatic rings. The fourth-order valence-electron chi connectivity index (χ4n) is 5.34. The summed E-state index contributed by atoms with van der Waals surface area (Å²) in [6.45, 7) is 2.19. The molecule has 1 aliphatic carbocycles. The van der Waals surface area contributed by atoms with Gasteiger partial charge in [-0.05, 0) is 77.1 Å². The molecule has 4 nitrogen and oxygen atoms in total. The molecule has 2 saturated heterocycles. The molecule has 1 aromatic heterocycles. The standard InChI is InChI=1S/C20H31N3O/c1-21-12-4-6-18(21)19-7-5-15-23(19)20(24)16-8-10-17(11-9-16)22-13-2-3-14-22/h2-3,13-14,16-19H,4-12,15H2,1H3. The van der Waals surface area contributed by atoms with Crippen LogP contribution in [0.4, 0.5) is 0 Å². The first-order valence-corrected chi connectivity index (χ1v) is 9.87. The number of likely N-dealkylation sites (N-methyl/N-ethyl adjacent to an activating group) is 1. The Bertz CT molecular complexity index is 547. The van der Waals surface area contributed by atoms with E-state index in [0.717, 1.165) is 32.2 Å². The average Bonchev–Trinajstić information content (AvgIpc) is 3.35. The van der Waals surface area contributed by atoms with Crippen LogP contribution in [0.15, 0.2) is 24.5 Å². The molecule has 4 rings (SSSR count). The molecule has 1 saturated carbocycles. The largest absolute Gasteiger partial charge is 0.351 e. The highest BCUT2D eigenvalue weighted by atomic mass is 16.2. The summed E-state index contributed by atoms with van der Waals surface area (Å²) < 4.78 is 2.33. The Morgan fingerprint density at radius 1 is 0.875 bits per heavy atom. The van der Waals surface area contributed by atoms with Crippen LogP contribution in [0.3, 0.4) is 0 Å². The second-order valence-electron chi connectivity index (χ2n) is 8.07. The van der Waals surface area contributed by atoms with Gasteiger partial charge in [0.25, 0.3) is 0 Å². The Morgan fingerprint density at radius 2 is 1.54 bits per heavy atom. The van der Waals surface area contributed by atoms with E-state index < -0.39 is 0 Å². The third-order valence-electron chi connectivity index (χ3n) is 6.70. The monoisotopic (exact) mass is 329 g/mol.